The summed E-state index contributed by atoms with van der Waals surface area (Å²) >= 11 is 0. The van der Waals surface area contributed by atoms with E-state index in [0.29, 0.717) is 25.7 Å². The molecule has 0 aromatic carbocycles. The van der Waals surface area contributed by atoms with E-state index in [4.69, 9.17) is 32.4 Å². The lowest BCUT2D eigenvalue weighted by molar-refractivity contribution is -0.157. The summed E-state index contributed by atoms with van der Waals surface area (Å²) in [5.41, 5.74) is 23.1. The summed E-state index contributed by atoms with van der Waals surface area (Å²) in [5.74, 6) is -0.735. The monoisotopic (exact) mass is 458 g/mol. The number of carbonyl (C=O) groups excluding carboxylic acids is 2. The van der Waals surface area contributed by atoms with E-state index in [1.165, 1.54) is 0 Å². The van der Waals surface area contributed by atoms with Gasteiger partial charge in [0, 0.05) is 12.1 Å². The first-order chi connectivity index (χ1) is 14.6. The molecular formula is C24H50N4O4. The van der Waals surface area contributed by atoms with Crippen molar-refractivity contribution in [2.24, 2.45) is 22.9 Å². The molecule has 8 N–H and O–H groups in total. The second-order valence-corrected chi connectivity index (χ2v) is 10.9. The molecule has 0 bridgehead atoms. The number of nitrogens with two attached hydrogens (primary N) is 4. The summed E-state index contributed by atoms with van der Waals surface area (Å²) in [7, 11) is 0. The summed E-state index contributed by atoms with van der Waals surface area (Å²) in [4.78, 5) is 23.8. The van der Waals surface area contributed by atoms with Gasteiger partial charge < -0.3 is 32.4 Å². The van der Waals surface area contributed by atoms with Gasteiger partial charge in [-0.3, -0.25) is 9.59 Å². The second kappa shape index (κ2) is 14.8. The van der Waals surface area contributed by atoms with Gasteiger partial charge in [0.2, 0.25) is 0 Å². The Labute approximate surface area is 195 Å². The number of hydrogen-bond acceptors (Lipinski definition) is 8. The fraction of sp³-hybridized carbons (Fsp3) is 0.917. The molecular weight excluding hydrogens is 408 g/mol. The van der Waals surface area contributed by atoms with Crippen LogP contribution in [0.3, 0.4) is 0 Å². The second-order valence-electron chi connectivity index (χ2n) is 10.9. The van der Waals surface area contributed by atoms with Crippen LogP contribution in [-0.4, -0.2) is 47.3 Å². The highest BCUT2D eigenvalue weighted by Gasteiger charge is 2.23. The van der Waals surface area contributed by atoms with Crippen molar-refractivity contribution in [2.75, 3.05) is 0 Å². The lowest BCUT2D eigenvalue weighted by Gasteiger charge is -2.23. The molecule has 190 valence electrons. The highest BCUT2D eigenvalue weighted by Crippen LogP contribution is 2.15. The molecule has 0 radical (unpaired) electrons. The van der Waals surface area contributed by atoms with Crippen LogP contribution < -0.4 is 22.9 Å². The van der Waals surface area contributed by atoms with Crippen molar-refractivity contribution < 1.29 is 19.1 Å². The van der Waals surface area contributed by atoms with Gasteiger partial charge in [0.1, 0.15) is 23.3 Å². The predicted octanol–water partition coefficient (Wildman–Crippen LogP) is 2.88. The summed E-state index contributed by atoms with van der Waals surface area (Å²) in [6.07, 6.45) is 8.60. The molecule has 0 spiro atoms. The van der Waals surface area contributed by atoms with Gasteiger partial charge >= 0.3 is 11.9 Å². The zero-order valence-electron chi connectivity index (χ0n) is 21.3. The van der Waals surface area contributed by atoms with Gasteiger partial charge in [-0.15, -0.1) is 0 Å². The van der Waals surface area contributed by atoms with Crippen LogP contribution in [0, 0.1) is 0 Å². The third-order valence-corrected chi connectivity index (χ3v) is 5.02. The molecule has 0 heterocycles. The maximum absolute atomic E-state index is 11.9. The molecule has 0 saturated heterocycles. The van der Waals surface area contributed by atoms with Crippen molar-refractivity contribution in [1.82, 2.24) is 0 Å². The molecule has 0 rings (SSSR count). The zero-order chi connectivity index (χ0) is 24.9. The van der Waals surface area contributed by atoms with E-state index in [1.807, 2.05) is 41.5 Å². The molecule has 8 nitrogen and oxygen atoms in total. The quantitative estimate of drug-likeness (QED) is 0.215. The number of esters is 2. The van der Waals surface area contributed by atoms with Crippen molar-refractivity contribution in [3.63, 3.8) is 0 Å². The fourth-order valence-corrected chi connectivity index (χ4v) is 3.23. The first kappa shape index (κ1) is 30.8. The SMILES string of the molecule is CC(C)(C)OC(=O)C(N)CCC(N)CCCCCCC(N)CCC(N)C(=O)OC(C)(C)C. The average molecular weight is 459 g/mol. The van der Waals surface area contributed by atoms with Crippen molar-refractivity contribution >= 4 is 11.9 Å². The molecule has 0 amide bonds. The van der Waals surface area contributed by atoms with Crippen molar-refractivity contribution in [1.29, 1.82) is 0 Å². The number of rotatable bonds is 15. The Bertz CT molecular complexity index is 495. The lowest BCUT2D eigenvalue weighted by atomic mass is 9.99. The zero-order valence-corrected chi connectivity index (χ0v) is 21.3. The minimum absolute atomic E-state index is 0.0417. The van der Waals surface area contributed by atoms with Crippen LogP contribution in [0.4, 0.5) is 0 Å². The molecule has 0 aliphatic carbocycles. The van der Waals surface area contributed by atoms with Crippen LogP contribution in [0.5, 0.6) is 0 Å². The molecule has 0 fully saturated rings. The van der Waals surface area contributed by atoms with Gasteiger partial charge in [-0.25, -0.2) is 0 Å². The van der Waals surface area contributed by atoms with Crippen LogP contribution in [0.2, 0.25) is 0 Å². The molecule has 8 heteroatoms. The highest BCUT2D eigenvalue weighted by atomic mass is 16.6. The molecule has 0 aliphatic rings. The summed E-state index contributed by atoms with van der Waals surface area (Å²) in [6, 6.07) is -1.16. The standard InChI is InChI=1S/C24H50N4O4/c1-23(2,3)31-21(29)19(27)15-13-17(25)11-9-7-8-10-12-18(26)14-16-20(28)22(30)32-24(4,5)6/h17-20H,7-16,25-28H2,1-6H3. The van der Waals surface area contributed by atoms with E-state index in [2.05, 4.69) is 0 Å². The van der Waals surface area contributed by atoms with E-state index in [9.17, 15) is 9.59 Å². The minimum Gasteiger partial charge on any atom is -0.459 e. The Morgan fingerprint density at radius 2 is 0.875 bits per heavy atom. The number of unbranched alkanes of at least 4 members (excludes halogenated alkanes) is 3. The Morgan fingerprint density at radius 1 is 0.562 bits per heavy atom. The van der Waals surface area contributed by atoms with Crippen molar-refractivity contribution in [2.45, 2.75) is 141 Å². The number of carbonyl (C=O) groups is 2. The lowest BCUT2D eigenvalue weighted by Crippen LogP contribution is -2.38. The first-order valence-corrected chi connectivity index (χ1v) is 12.1. The molecule has 0 aromatic heterocycles. The van der Waals surface area contributed by atoms with Gasteiger partial charge in [0.15, 0.2) is 0 Å². The molecule has 4 atom stereocenters. The fourth-order valence-electron chi connectivity index (χ4n) is 3.23. The van der Waals surface area contributed by atoms with Gasteiger partial charge in [-0.05, 0) is 80.1 Å². The van der Waals surface area contributed by atoms with Crippen LogP contribution in [0.25, 0.3) is 0 Å². The van der Waals surface area contributed by atoms with E-state index in [0.717, 1.165) is 38.5 Å². The first-order valence-electron chi connectivity index (χ1n) is 12.1. The Morgan fingerprint density at radius 3 is 1.16 bits per heavy atom. The molecule has 0 aliphatic heterocycles. The van der Waals surface area contributed by atoms with Gasteiger partial charge in [0.25, 0.3) is 0 Å². The van der Waals surface area contributed by atoms with E-state index in [-0.39, 0.29) is 24.0 Å². The van der Waals surface area contributed by atoms with Crippen LogP contribution in [0.15, 0.2) is 0 Å². The Kier molecular flexibility index (Phi) is 14.3. The molecule has 4 unspecified atom stereocenters. The van der Waals surface area contributed by atoms with E-state index < -0.39 is 23.3 Å². The summed E-state index contributed by atoms with van der Waals surface area (Å²) < 4.78 is 10.6. The number of ether oxygens (including phenoxy) is 2. The summed E-state index contributed by atoms with van der Waals surface area (Å²) in [6.45, 7) is 11.0. The smallest absolute Gasteiger partial charge is 0.323 e. The molecule has 0 aromatic rings. The minimum atomic E-state index is -0.620. The third-order valence-electron chi connectivity index (χ3n) is 5.02. The average Bonchev–Trinajstić information content (AvgIpc) is 2.63. The van der Waals surface area contributed by atoms with Gasteiger partial charge in [-0.2, -0.15) is 0 Å². The topological polar surface area (TPSA) is 157 Å². The van der Waals surface area contributed by atoms with Crippen LogP contribution in [0.1, 0.15) is 106 Å². The van der Waals surface area contributed by atoms with E-state index in [1.54, 1.807) is 0 Å². The van der Waals surface area contributed by atoms with Crippen LogP contribution >= 0.6 is 0 Å². The maximum atomic E-state index is 11.9. The number of hydrogen-bond donors (Lipinski definition) is 4. The summed E-state index contributed by atoms with van der Waals surface area (Å²) in [5, 5.41) is 0. The highest BCUT2D eigenvalue weighted by molar-refractivity contribution is 5.76. The van der Waals surface area contributed by atoms with Crippen LogP contribution in [-0.2, 0) is 19.1 Å². The predicted molar refractivity (Wildman–Crippen MR) is 130 cm³/mol. The van der Waals surface area contributed by atoms with E-state index >= 15 is 0 Å². The van der Waals surface area contributed by atoms with Gasteiger partial charge in [-0.1, -0.05) is 25.7 Å². The van der Waals surface area contributed by atoms with Crippen molar-refractivity contribution in [3.8, 4) is 0 Å². The largest absolute Gasteiger partial charge is 0.459 e. The Hall–Kier alpha value is -1.22. The maximum Gasteiger partial charge on any atom is 0.323 e. The third kappa shape index (κ3) is 17.3. The molecule has 0 saturated carbocycles. The molecule has 32 heavy (non-hydrogen) atoms. The normalized spacial score (nSPS) is 16.2. The van der Waals surface area contributed by atoms with Crippen molar-refractivity contribution in [3.05, 3.63) is 0 Å². The van der Waals surface area contributed by atoms with Gasteiger partial charge in [0.05, 0.1) is 0 Å². The Balaban J connectivity index is 3.81.